The van der Waals surface area contributed by atoms with Crippen LogP contribution in [0, 0.1) is 62.1 Å². The van der Waals surface area contributed by atoms with Crippen LogP contribution in [0.25, 0.3) is 0 Å². The standard InChI is InChI=1S/C35H50O5/c1-30-11-5-4-8-27(39)35(17-16-30)23(19-30)22-18-24(37)29-33-12-6-7-13-34(29,32(22,3)20-28(35)40)15-9-25(33)31(2,21-36)26(38)10-14-33/h18,23,25-29,36,38-40H,5-7,9-17,19-21H2,1-3H3/t23-,25-,26+,27+,28+,29-,30+,31+,32-,33+,34-,35+/m1/s1. The number of hydrogen-bond donors (Lipinski definition) is 4. The third-order valence-electron chi connectivity index (χ3n) is 15.0. The van der Waals surface area contributed by atoms with Crippen molar-refractivity contribution in [2.75, 3.05) is 6.61 Å². The Labute approximate surface area is 240 Å². The minimum Gasteiger partial charge on any atom is -0.396 e. The van der Waals surface area contributed by atoms with Gasteiger partial charge in [-0.2, -0.15) is 0 Å². The van der Waals surface area contributed by atoms with E-state index in [1.54, 1.807) is 0 Å². The molecule has 4 N–H and O–H groups in total. The van der Waals surface area contributed by atoms with Gasteiger partial charge in [0.15, 0.2) is 5.78 Å². The summed E-state index contributed by atoms with van der Waals surface area (Å²) in [6, 6.07) is 0. The highest BCUT2D eigenvalue weighted by Crippen LogP contribution is 2.78. The predicted molar refractivity (Wildman–Crippen MR) is 153 cm³/mol. The maximum Gasteiger partial charge on any atom is 0.159 e. The fraction of sp³-hybridized carbons (Fsp3) is 0.857. The van der Waals surface area contributed by atoms with E-state index in [-0.39, 0.29) is 51.8 Å². The van der Waals surface area contributed by atoms with Gasteiger partial charge in [0, 0.05) is 23.2 Å². The molecule has 12 atom stereocenters. The first kappa shape index (κ1) is 27.6. The first-order chi connectivity index (χ1) is 18.9. The van der Waals surface area contributed by atoms with Crippen molar-refractivity contribution in [3.63, 3.8) is 0 Å². The van der Waals surface area contributed by atoms with Crippen molar-refractivity contribution in [2.24, 2.45) is 50.2 Å². The molecule has 2 spiro atoms. The van der Waals surface area contributed by atoms with Crippen molar-refractivity contribution in [1.82, 2.24) is 0 Å². The van der Waals surface area contributed by atoms with Crippen LogP contribution in [0.2, 0.25) is 0 Å². The molecule has 0 aromatic carbocycles. The second-order valence-electron chi connectivity index (χ2n) is 16.3. The van der Waals surface area contributed by atoms with Crippen LogP contribution >= 0.6 is 0 Å². The summed E-state index contributed by atoms with van der Waals surface area (Å²) in [7, 11) is 0. The van der Waals surface area contributed by atoms with Gasteiger partial charge in [0.25, 0.3) is 0 Å². The van der Waals surface area contributed by atoms with Crippen LogP contribution in [0.4, 0.5) is 0 Å². The van der Waals surface area contributed by atoms with E-state index >= 15 is 0 Å². The number of carbonyl (C=O) groups is 1. The molecule has 5 fully saturated rings. The summed E-state index contributed by atoms with van der Waals surface area (Å²) < 4.78 is 0. The Morgan fingerprint density at radius 2 is 1.68 bits per heavy atom. The summed E-state index contributed by atoms with van der Waals surface area (Å²) in [5, 5.41) is 45.7. The Morgan fingerprint density at radius 3 is 2.45 bits per heavy atom. The van der Waals surface area contributed by atoms with Crippen LogP contribution in [0.1, 0.15) is 111 Å². The summed E-state index contributed by atoms with van der Waals surface area (Å²) in [6.45, 7) is 6.74. The largest absolute Gasteiger partial charge is 0.396 e. The lowest BCUT2D eigenvalue weighted by Gasteiger charge is -2.72. The van der Waals surface area contributed by atoms with Gasteiger partial charge < -0.3 is 20.4 Å². The molecule has 5 heteroatoms. The lowest BCUT2D eigenvalue weighted by molar-refractivity contribution is -0.233. The van der Waals surface area contributed by atoms with Crippen molar-refractivity contribution >= 4 is 5.78 Å². The zero-order valence-electron chi connectivity index (χ0n) is 24.8. The number of aliphatic hydroxyl groups is 4. The molecule has 0 radical (unpaired) electrons. The molecule has 8 aliphatic rings. The number of ketones is 1. The van der Waals surface area contributed by atoms with Crippen molar-refractivity contribution in [1.29, 1.82) is 0 Å². The summed E-state index contributed by atoms with van der Waals surface area (Å²) in [4.78, 5) is 14.8. The van der Waals surface area contributed by atoms with Gasteiger partial charge in [-0.05, 0) is 110 Å². The summed E-state index contributed by atoms with van der Waals surface area (Å²) >= 11 is 0. The van der Waals surface area contributed by atoms with E-state index in [0.29, 0.717) is 12.8 Å². The van der Waals surface area contributed by atoms with Gasteiger partial charge in [0.05, 0.1) is 18.8 Å². The second-order valence-corrected chi connectivity index (χ2v) is 16.3. The van der Waals surface area contributed by atoms with E-state index in [1.165, 1.54) is 5.57 Å². The maximum atomic E-state index is 14.8. The van der Waals surface area contributed by atoms with Crippen molar-refractivity contribution in [3.8, 4) is 11.8 Å². The molecule has 5 nitrogen and oxygen atoms in total. The second kappa shape index (κ2) is 8.68. The minimum atomic E-state index is -0.882. The molecule has 4 bridgehead atoms. The number of hydrogen-bond acceptors (Lipinski definition) is 5. The lowest BCUT2D eigenvalue weighted by atomic mass is 9.31. The van der Waals surface area contributed by atoms with Gasteiger partial charge >= 0.3 is 0 Å². The van der Waals surface area contributed by atoms with Crippen LogP contribution in [-0.2, 0) is 4.79 Å². The van der Waals surface area contributed by atoms with E-state index in [2.05, 4.69) is 32.6 Å². The fourth-order valence-corrected chi connectivity index (χ4v) is 12.9. The van der Waals surface area contributed by atoms with Crippen molar-refractivity contribution in [3.05, 3.63) is 11.6 Å². The highest BCUT2D eigenvalue weighted by Gasteiger charge is 2.75. The van der Waals surface area contributed by atoms with Crippen LogP contribution in [-0.4, -0.2) is 51.1 Å². The molecule has 40 heavy (non-hydrogen) atoms. The van der Waals surface area contributed by atoms with E-state index in [4.69, 9.17) is 0 Å². The van der Waals surface area contributed by atoms with Crippen LogP contribution < -0.4 is 0 Å². The molecule has 0 unspecified atom stereocenters. The average molecular weight is 551 g/mol. The van der Waals surface area contributed by atoms with Crippen LogP contribution in [0.5, 0.6) is 0 Å². The smallest absolute Gasteiger partial charge is 0.159 e. The van der Waals surface area contributed by atoms with Gasteiger partial charge in [0.1, 0.15) is 6.10 Å². The highest BCUT2D eigenvalue weighted by atomic mass is 16.3. The van der Waals surface area contributed by atoms with Crippen molar-refractivity contribution in [2.45, 2.75) is 129 Å². The van der Waals surface area contributed by atoms with Crippen LogP contribution in [0.15, 0.2) is 11.6 Å². The Bertz CT molecular complexity index is 1200. The molecule has 5 saturated carbocycles. The van der Waals surface area contributed by atoms with Gasteiger partial charge in [-0.1, -0.05) is 45.1 Å². The first-order valence-corrected chi connectivity index (χ1v) is 16.3. The first-order valence-electron chi connectivity index (χ1n) is 16.3. The minimum absolute atomic E-state index is 0.0468. The van der Waals surface area contributed by atoms with E-state index in [9.17, 15) is 25.2 Å². The normalized spacial score (nSPS) is 56.9. The summed E-state index contributed by atoms with van der Waals surface area (Å²) in [5.74, 6) is 6.58. The summed E-state index contributed by atoms with van der Waals surface area (Å²) in [6.07, 6.45) is 12.3. The zero-order chi connectivity index (χ0) is 28.3. The monoisotopic (exact) mass is 550 g/mol. The molecule has 0 aliphatic heterocycles. The highest BCUT2D eigenvalue weighted by molar-refractivity contribution is 5.96. The Hall–Kier alpha value is -1.19. The number of carbonyl (C=O) groups excluding carboxylic acids is 1. The lowest BCUT2D eigenvalue weighted by Crippen LogP contribution is -2.70. The van der Waals surface area contributed by atoms with E-state index in [1.807, 2.05) is 6.08 Å². The molecule has 220 valence electrons. The SMILES string of the molecule is C[C@]12CCC#C[C@H](O)[C@]3(CC1)[C@H](C2)C1=CC(=O)[C@@H]2[C@]45CCCC[C@]2(CC[C@@H]4[C@](C)(CO)[C@@H](O)CC5)[C@]1(C)C[C@@H]3O. The predicted octanol–water partition coefficient (Wildman–Crippen LogP) is 4.94. The van der Waals surface area contributed by atoms with Crippen molar-refractivity contribution < 1.29 is 25.2 Å². The van der Waals surface area contributed by atoms with E-state index < -0.39 is 29.1 Å². The molecule has 0 aromatic heterocycles. The third kappa shape index (κ3) is 3.13. The topological polar surface area (TPSA) is 98.0 Å². The molecule has 0 heterocycles. The molecule has 0 aromatic rings. The molecular formula is C35H50O5. The zero-order valence-corrected chi connectivity index (χ0v) is 24.8. The molecule has 8 aliphatic carbocycles. The van der Waals surface area contributed by atoms with Gasteiger partial charge in [0.2, 0.25) is 0 Å². The molecule has 8 rings (SSSR count). The Kier molecular flexibility index (Phi) is 6.00. The number of allylic oxidation sites excluding steroid dienone is 2. The average Bonchev–Trinajstić information content (AvgIpc) is 2.95. The molecule has 0 amide bonds. The Balaban J connectivity index is 1.42. The van der Waals surface area contributed by atoms with E-state index in [0.717, 1.165) is 77.0 Å². The number of aliphatic hydroxyl groups excluding tert-OH is 4. The number of rotatable bonds is 1. The quantitative estimate of drug-likeness (QED) is 0.347. The molecular weight excluding hydrogens is 500 g/mol. The fourth-order valence-electron chi connectivity index (χ4n) is 12.9. The number of fused-ring (bicyclic) bond motifs is 5. The van der Waals surface area contributed by atoms with Gasteiger partial charge in [-0.3, -0.25) is 4.79 Å². The third-order valence-corrected chi connectivity index (χ3v) is 15.0. The maximum absolute atomic E-state index is 14.8. The molecule has 0 saturated heterocycles. The van der Waals surface area contributed by atoms with Gasteiger partial charge in [-0.15, -0.1) is 5.92 Å². The van der Waals surface area contributed by atoms with Gasteiger partial charge in [-0.25, -0.2) is 0 Å². The summed E-state index contributed by atoms with van der Waals surface area (Å²) in [5.41, 5.74) is -0.787. The Morgan fingerprint density at radius 1 is 0.900 bits per heavy atom. The van der Waals surface area contributed by atoms with Crippen LogP contribution in [0.3, 0.4) is 0 Å².